The highest BCUT2D eigenvalue weighted by atomic mass is 79.9. The highest BCUT2D eigenvalue weighted by molar-refractivity contribution is 9.10. The molecule has 0 amide bonds. The van der Waals surface area contributed by atoms with E-state index in [1.807, 2.05) is 7.05 Å². The zero-order chi connectivity index (χ0) is 13.8. The third kappa shape index (κ3) is 3.37. The van der Waals surface area contributed by atoms with Gasteiger partial charge in [-0.25, -0.2) is 0 Å². The average Bonchev–Trinajstić information content (AvgIpc) is 2.39. The summed E-state index contributed by atoms with van der Waals surface area (Å²) in [5.41, 5.74) is 4.91. The Bertz CT molecular complexity index is 549. The van der Waals surface area contributed by atoms with E-state index in [9.17, 15) is 0 Å². The summed E-state index contributed by atoms with van der Waals surface area (Å²) in [6, 6.07) is 15.0. The van der Waals surface area contributed by atoms with Crippen LogP contribution in [0.25, 0.3) is 0 Å². The van der Waals surface area contributed by atoms with Crippen LogP contribution in [0.3, 0.4) is 0 Å². The summed E-state index contributed by atoms with van der Waals surface area (Å²) >= 11 is 3.66. The van der Waals surface area contributed by atoms with Gasteiger partial charge in [0.05, 0.1) is 5.69 Å². The van der Waals surface area contributed by atoms with Gasteiger partial charge in [0.1, 0.15) is 0 Å². The van der Waals surface area contributed by atoms with Crippen molar-refractivity contribution in [2.45, 2.75) is 13.5 Å². The molecule has 0 spiro atoms. The molecular weight excluding hydrogens is 300 g/mol. The smallest absolute Gasteiger partial charge is 0.0552 e. The summed E-state index contributed by atoms with van der Waals surface area (Å²) in [5, 5.41) is 3.16. The van der Waals surface area contributed by atoms with Crippen LogP contribution in [0, 0.1) is 6.92 Å². The Morgan fingerprint density at radius 3 is 2.37 bits per heavy atom. The Kier molecular flexibility index (Phi) is 4.61. The first kappa shape index (κ1) is 14.1. The predicted octanol–water partition coefficient (Wildman–Crippen LogP) is 4.24. The van der Waals surface area contributed by atoms with Crippen LogP contribution in [-0.4, -0.2) is 14.1 Å². The third-order valence-electron chi connectivity index (χ3n) is 3.18. The van der Waals surface area contributed by atoms with Gasteiger partial charge < -0.3 is 10.2 Å². The molecule has 2 rings (SSSR count). The summed E-state index contributed by atoms with van der Waals surface area (Å²) in [6.45, 7) is 2.99. The standard InChI is InChI=1S/C16H19BrN2/c1-12-4-7-14(8-5-12)19(3)16-9-6-13(11-18-2)10-15(16)17/h4-10,18H,11H2,1-3H3. The fourth-order valence-electron chi connectivity index (χ4n) is 2.04. The maximum Gasteiger partial charge on any atom is 0.0552 e. The minimum atomic E-state index is 0.882. The van der Waals surface area contributed by atoms with Crippen molar-refractivity contribution in [1.29, 1.82) is 0 Å². The van der Waals surface area contributed by atoms with Gasteiger partial charge in [-0.3, -0.25) is 0 Å². The molecule has 0 bridgehead atoms. The molecule has 1 N–H and O–H groups in total. The summed E-state index contributed by atoms with van der Waals surface area (Å²) in [5.74, 6) is 0. The molecule has 0 heterocycles. The molecular formula is C16H19BrN2. The molecule has 0 atom stereocenters. The zero-order valence-corrected chi connectivity index (χ0v) is 13.2. The number of nitrogens with zero attached hydrogens (tertiary/aromatic N) is 1. The van der Waals surface area contributed by atoms with E-state index in [4.69, 9.17) is 0 Å². The molecule has 2 nitrogen and oxygen atoms in total. The summed E-state index contributed by atoms with van der Waals surface area (Å²) < 4.78 is 1.11. The quantitative estimate of drug-likeness (QED) is 0.906. The molecule has 100 valence electrons. The number of halogens is 1. The Labute approximate surface area is 123 Å². The van der Waals surface area contributed by atoms with Crippen molar-refractivity contribution in [3.05, 3.63) is 58.1 Å². The zero-order valence-electron chi connectivity index (χ0n) is 11.6. The largest absolute Gasteiger partial charge is 0.344 e. The van der Waals surface area contributed by atoms with E-state index in [-0.39, 0.29) is 0 Å². The van der Waals surface area contributed by atoms with E-state index in [2.05, 4.69) is 82.6 Å². The first-order valence-corrected chi connectivity index (χ1v) is 7.14. The van der Waals surface area contributed by atoms with Gasteiger partial charge in [-0.2, -0.15) is 0 Å². The topological polar surface area (TPSA) is 15.3 Å². The fraction of sp³-hybridized carbons (Fsp3) is 0.250. The first-order chi connectivity index (χ1) is 9.11. The Hall–Kier alpha value is -1.32. The van der Waals surface area contributed by atoms with Gasteiger partial charge in [-0.15, -0.1) is 0 Å². The summed E-state index contributed by atoms with van der Waals surface area (Å²) in [6.07, 6.45) is 0. The number of nitrogens with one attached hydrogen (secondary N) is 1. The SMILES string of the molecule is CNCc1ccc(N(C)c2ccc(C)cc2)c(Br)c1. The van der Waals surface area contributed by atoms with Crippen LogP contribution in [0.5, 0.6) is 0 Å². The van der Waals surface area contributed by atoms with Crippen molar-refractivity contribution in [1.82, 2.24) is 5.32 Å². The second-order valence-corrected chi connectivity index (χ2v) is 5.56. The van der Waals surface area contributed by atoms with Gasteiger partial charge in [0.15, 0.2) is 0 Å². The van der Waals surface area contributed by atoms with Crippen molar-refractivity contribution in [2.24, 2.45) is 0 Å². The normalized spacial score (nSPS) is 10.5. The number of aryl methyl sites for hydroxylation is 1. The van der Waals surface area contributed by atoms with Gasteiger partial charge in [0.2, 0.25) is 0 Å². The second-order valence-electron chi connectivity index (χ2n) is 4.71. The van der Waals surface area contributed by atoms with Crippen LogP contribution >= 0.6 is 15.9 Å². The molecule has 2 aromatic rings. The number of rotatable bonds is 4. The van der Waals surface area contributed by atoms with E-state index in [0.29, 0.717) is 0 Å². The Morgan fingerprint density at radius 2 is 1.79 bits per heavy atom. The monoisotopic (exact) mass is 318 g/mol. The van der Waals surface area contributed by atoms with Crippen molar-refractivity contribution in [3.63, 3.8) is 0 Å². The molecule has 0 fully saturated rings. The lowest BCUT2D eigenvalue weighted by atomic mass is 10.1. The highest BCUT2D eigenvalue weighted by Gasteiger charge is 2.08. The number of anilines is 2. The molecule has 0 aromatic heterocycles. The predicted molar refractivity (Wildman–Crippen MR) is 86.1 cm³/mol. The van der Waals surface area contributed by atoms with Crippen LogP contribution in [0.1, 0.15) is 11.1 Å². The van der Waals surface area contributed by atoms with E-state index in [0.717, 1.165) is 11.0 Å². The van der Waals surface area contributed by atoms with Crippen LogP contribution in [0.4, 0.5) is 11.4 Å². The lowest BCUT2D eigenvalue weighted by Gasteiger charge is -2.21. The molecule has 0 aliphatic heterocycles. The van der Waals surface area contributed by atoms with Crippen molar-refractivity contribution in [2.75, 3.05) is 19.0 Å². The molecule has 0 saturated heterocycles. The molecule has 19 heavy (non-hydrogen) atoms. The Balaban J connectivity index is 2.28. The van der Waals surface area contributed by atoms with Gasteiger partial charge >= 0.3 is 0 Å². The van der Waals surface area contributed by atoms with E-state index < -0.39 is 0 Å². The minimum absolute atomic E-state index is 0.882. The van der Waals surface area contributed by atoms with Gasteiger partial charge in [-0.1, -0.05) is 23.8 Å². The number of hydrogen-bond donors (Lipinski definition) is 1. The average molecular weight is 319 g/mol. The van der Waals surface area contributed by atoms with E-state index in [1.165, 1.54) is 22.5 Å². The van der Waals surface area contributed by atoms with E-state index >= 15 is 0 Å². The Morgan fingerprint density at radius 1 is 1.11 bits per heavy atom. The second kappa shape index (κ2) is 6.22. The molecule has 0 aliphatic carbocycles. The van der Waals surface area contributed by atoms with Crippen molar-refractivity contribution >= 4 is 27.3 Å². The summed E-state index contributed by atoms with van der Waals surface area (Å²) in [4.78, 5) is 2.19. The molecule has 0 unspecified atom stereocenters. The minimum Gasteiger partial charge on any atom is -0.344 e. The van der Waals surface area contributed by atoms with Gasteiger partial charge in [0.25, 0.3) is 0 Å². The number of hydrogen-bond acceptors (Lipinski definition) is 2. The lowest BCUT2D eigenvalue weighted by molar-refractivity contribution is 0.817. The highest BCUT2D eigenvalue weighted by Crippen LogP contribution is 2.31. The lowest BCUT2D eigenvalue weighted by Crippen LogP contribution is -2.11. The molecule has 0 radical (unpaired) electrons. The molecule has 0 saturated carbocycles. The summed E-state index contributed by atoms with van der Waals surface area (Å²) in [7, 11) is 4.04. The van der Waals surface area contributed by atoms with E-state index in [1.54, 1.807) is 0 Å². The third-order valence-corrected chi connectivity index (χ3v) is 3.81. The van der Waals surface area contributed by atoms with Gasteiger partial charge in [0, 0.05) is 23.8 Å². The van der Waals surface area contributed by atoms with Crippen LogP contribution in [0.15, 0.2) is 46.9 Å². The molecule has 0 aliphatic rings. The van der Waals surface area contributed by atoms with Crippen LogP contribution in [0.2, 0.25) is 0 Å². The first-order valence-electron chi connectivity index (χ1n) is 6.35. The van der Waals surface area contributed by atoms with Gasteiger partial charge in [-0.05, 0) is 59.7 Å². The maximum absolute atomic E-state index is 3.66. The van der Waals surface area contributed by atoms with Crippen molar-refractivity contribution in [3.8, 4) is 0 Å². The molecule has 2 aromatic carbocycles. The maximum atomic E-state index is 3.66. The van der Waals surface area contributed by atoms with Crippen LogP contribution in [-0.2, 0) is 6.54 Å². The van der Waals surface area contributed by atoms with Crippen molar-refractivity contribution < 1.29 is 0 Å². The fourth-order valence-corrected chi connectivity index (χ4v) is 2.74. The number of benzene rings is 2. The van der Waals surface area contributed by atoms with Crippen LogP contribution < -0.4 is 10.2 Å². The molecule has 3 heteroatoms.